The number of carbonyl (C=O) groups excluding carboxylic acids is 1. The molecule has 2 saturated heterocycles. The van der Waals surface area contributed by atoms with Crippen LogP contribution in [0.3, 0.4) is 0 Å². The lowest BCUT2D eigenvalue weighted by Gasteiger charge is -2.32. The molecule has 0 saturated carbocycles. The fourth-order valence-corrected chi connectivity index (χ4v) is 3.79. The molecule has 0 radical (unpaired) electrons. The largest absolute Gasteiger partial charge is 0.341 e. The molecule has 1 N–H and O–H groups in total. The first-order chi connectivity index (χ1) is 12.3. The standard InChI is InChI=1S/C19H25N5O.ClH/c25-19(23-11-6-18(15-23)22-12-8-20-9-13-22)14-16-2-4-17(5-3-16)24-10-1-7-21-24;/h1-5,7,10,18,20H,6,8-9,11-15H2;1H. The predicted octanol–water partition coefficient (Wildman–Crippen LogP) is 1.34. The fraction of sp³-hybridized carbons (Fsp3) is 0.474. The lowest BCUT2D eigenvalue weighted by molar-refractivity contribution is -0.129. The van der Waals surface area contributed by atoms with Gasteiger partial charge in [-0.1, -0.05) is 12.1 Å². The van der Waals surface area contributed by atoms with E-state index in [1.54, 1.807) is 6.20 Å². The molecule has 0 spiro atoms. The van der Waals surface area contributed by atoms with Crippen molar-refractivity contribution in [2.24, 2.45) is 0 Å². The molecule has 2 aliphatic heterocycles. The number of benzene rings is 1. The molecule has 1 aromatic heterocycles. The van der Waals surface area contributed by atoms with E-state index >= 15 is 0 Å². The van der Waals surface area contributed by atoms with Crippen LogP contribution in [0.5, 0.6) is 0 Å². The first-order valence-corrected chi connectivity index (χ1v) is 9.11. The maximum absolute atomic E-state index is 12.6. The van der Waals surface area contributed by atoms with Gasteiger partial charge in [0.2, 0.25) is 5.91 Å². The second kappa shape index (κ2) is 8.66. The highest BCUT2D eigenvalue weighted by molar-refractivity contribution is 5.85. The van der Waals surface area contributed by atoms with Gasteiger partial charge in [-0.25, -0.2) is 4.68 Å². The van der Waals surface area contributed by atoms with Crippen molar-refractivity contribution < 1.29 is 4.79 Å². The zero-order valence-corrected chi connectivity index (χ0v) is 15.7. The Labute approximate surface area is 160 Å². The monoisotopic (exact) mass is 375 g/mol. The van der Waals surface area contributed by atoms with E-state index in [0.29, 0.717) is 12.5 Å². The van der Waals surface area contributed by atoms with E-state index < -0.39 is 0 Å². The van der Waals surface area contributed by atoms with Crippen LogP contribution in [0.25, 0.3) is 5.69 Å². The van der Waals surface area contributed by atoms with Gasteiger partial charge in [0.25, 0.3) is 0 Å². The third kappa shape index (κ3) is 4.26. The molecule has 7 heteroatoms. The number of amides is 1. The summed E-state index contributed by atoms with van der Waals surface area (Å²) in [5, 5.41) is 7.62. The van der Waals surface area contributed by atoms with Gasteiger partial charge in [0.15, 0.2) is 0 Å². The van der Waals surface area contributed by atoms with Crippen LogP contribution in [0, 0.1) is 0 Å². The average molecular weight is 376 g/mol. The molecule has 1 atom stereocenters. The van der Waals surface area contributed by atoms with Crippen LogP contribution in [0.1, 0.15) is 12.0 Å². The summed E-state index contributed by atoms with van der Waals surface area (Å²) in [5.74, 6) is 0.240. The predicted molar refractivity (Wildman–Crippen MR) is 104 cm³/mol. The maximum atomic E-state index is 12.6. The molecule has 3 heterocycles. The number of likely N-dealkylation sites (tertiary alicyclic amines) is 1. The van der Waals surface area contributed by atoms with Gasteiger partial charge in [0.05, 0.1) is 12.1 Å². The quantitative estimate of drug-likeness (QED) is 0.876. The number of rotatable bonds is 4. The number of aromatic nitrogens is 2. The maximum Gasteiger partial charge on any atom is 0.227 e. The van der Waals surface area contributed by atoms with E-state index in [9.17, 15) is 4.79 Å². The number of carbonyl (C=O) groups is 1. The SMILES string of the molecule is Cl.O=C(Cc1ccc(-n2cccn2)cc1)N1CCC(N2CCNCC2)C1. The molecule has 140 valence electrons. The van der Waals surface area contributed by atoms with Crippen molar-refractivity contribution in [3.8, 4) is 5.69 Å². The van der Waals surface area contributed by atoms with Crippen molar-refractivity contribution in [1.82, 2.24) is 24.9 Å². The average Bonchev–Trinajstić information content (AvgIpc) is 3.35. The van der Waals surface area contributed by atoms with Gasteiger partial charge in [-0.2, -0.15) is 5.10 Å². The molecule has 0 aliphatic carbocycles. The molecule has 1 unspecified atom stereocenters. The minimum absolute atomic E-state index is 0. The summed E-state index contributed by atoms with van der Waals surface area (Å²) >= 11 is 0. The molecule has 2 fully saturated rings. The van der Waals surface area contributed by atoms with Crippen molar-refractivity contribution >= 4 is 18.3 Å². The van der Waals surface area contributed by atoms with Crippen molar-refractivity contribution in [2.45, 2.75) is 18.9 Å². The highest BCUT2D eigenvalue weighted by Gasteiger charge is 2.30. The number of halogens is 1. The summed E-state index contributed by atoms with van der Waals surface area (Å²) in [6.45, 7) is 6.09. The van der Waals surface area contributed by atoms with E-state index in [2.05, 4.69) is 15.3 Å². The fourth-order valence-electron chi connectivity index (χ4n) is 3.79. The lowest BCUT2D eigenvalue weighted by Crippen LogP contribution is -2.49. The normalized spacial score (nSPS) is 20.8. The summed E-state index contributed by atoms with van der Waals surface area (Å²) in [5.41, 5.74) is 2.08. The van der Waals surface area contributed by atoms with Gasteiger partial charge in [-0.3, -0.25) is 9.69 Å². The Morgan fingerprint density at radius 2 is 1.92 bits per heavy atom. The second-order valence-electron chi connectivity index (χ2n) is 6.86. The smallest absolute Gasteiger partial charge is 0.227 e. The molecular formula is C19H26ClN5O. The molecule has 26 heavy (non-hydrogen) atoms. The molecule has 2 aromatic rings. The summed E-state index contributed by atoms with van der Waals surface area (Å²) in [4.78, 5) is 17.2. The van der Waals surface area contributed by atoms with Crippen LogP contribution in [0.15, 0.2) is 42.7 Å². The molecule has 2 aliphatic rings. The molecular weight excluding hydrogens is 350 g/mol. The van der Waals surface area contributed by atoms with Crippen molar-refractivity contribution in [3.05, 3.63) is 48.3 Å². The summed E-state index contributed by atoms with van der Waals surface area (Å²) in [7, 11) is 0. The Bertz CT molecular complexity index is 697. The Hall–Kier alpha value is -1.89. The van der Waals surface area contributed by atoms with Crippen LogP contribution in [-0.4, -0.2) is 70.8 Å². The van der Waals surface area contributed by atoms with Crippen LogP contribution >= 0.6 is 12.4 Å². The Morgan fingerprint density at radius 3 is 2.62 bits per heavy atom. The zero-order chi connectivity index (χ0) is 17.1. The molecule has 4 rings (SSSR count). The van der Waals surface area contributed by atoms with E-state index in [1.165, 1.54) is 0 Å². The number of hydrogen-bond donors (Lipinski definition) is 1. The van der Waals surface area contributed by atoms with E-state index in [0.717, 1.165) is 56.9 Å². The van der Waals surface area contributed by atoms with Gasteiger partial charge in [0.1, 0.15) is 0 Å². The van der Waals surface area contributed by atoms with Gasteiger partial charge >= 0.3 is 0 Å². The first-order valence-electron chi connectivity index (χ1n) is 9.11. The van der Waals surface area contributed by atoms with Crippen LogP contribution in [-0.2, 0) is 11.2 Å². The zero-order valence-electron chi connectivity index (χ0n) is 14.9. The molecule has 6 nitrogen and oxygen atoms in total. The van der Waals surface area contributed by atoms with Crippen molar-refractivity contribution in [1.29, 1.82) is 0 Å². The van der Waals surface area contributed by atoms with Crippen LogP contribution in [0.4, 0.5) is 0 Å². The second-order valence-corrected chi connectivity index (χ2v) is 6.86. The number of nitrogens with zero attached hydrogens (tertiary/aromatic N) is 4. The lowest BCUT2D eigenvalue weighted by atomic mass is 10.1. The Morgan fingerprint density at radius 1 is 1.15 bits per heavy atom. The molecule has 0 bridgehead atoms. The summed E-state index contributed by atoms with van der Waals surface area (Å²) in [6.07, 6.45) is 5.26. The topological polar surface area (TPSA) is 53.4 Å². The third-order valence-electron chi connectivity index (χ3n) is 5.24. The Kier molecular flexibility index (Phi) is 6.29. The van der Waals surface area contributed by atoms with Crippen LogP contribution < -0.4 is 5.32 Å². The van der Waals surface area contributed by atoms with E-state index in [1.807, 2.05) is 46.1 Å². The first kappa shape index (κ1) is 18.9. The number of piperazine rings is 1. The van der Waals surface area contributed by atoms with Gasteiger partial charge < -0.3 is 10.2 Å². The molecule has 1 amide bonds. The summed E-state index contributed by atoms with van der Waals surface area (Å²) < 4.78 is 1.82. The van der Waals surface area contributed by atoms with Crippen LogP contribution in [0.2, 0.25) is 0 Å². The molecule has 1 aromatic carbocycles. The van der Waals surface area contributed by atoms with Gasteiger partial charge in [-0.05, 0) is 30.2 Å². The number of hydrogen-bond acceptors (Lipinski definition) is 4. The third-order valence-corrected chi connectivity index (χ3v) is 5.24. The van der Waals surface area contributed by atoms with Gasteiger partial charge in [-0.15, -0.1) is 12.4 Å². The van der Waals surface area contributed by atoms with Gasteiger partial charge in [0, 0.05) is 57.7 Å². The van der Waals surface area contributed by atoms with Crippen molar-refractivity contribution in [3.63, 3.8) is 0 Å². The highest BCUT2D eigenvalue weighted by atomic mass is 35.5. The minimum Gasteiger partial charge on any atom is -0.341 e. The summed E-state index contributed by atoms with van der Waals surface area (Å²) in [6, 6.07) is 10.5. The minimum atomic E-state index is 0. The van der Waals surface area contributed by atoms with E-state index in [4.69, 9.17) is 0 Å². The van der Waals surface area contributed by atoms with E-state index in [-0.39, 0.29) is 18.3 Å². The van der Waals surface area contributed by atoms with Crippen molar-refractivity contribution in [2.75, 3.05) is 39.3 Å². The Balaban J connectivity index is 0.00000196. The highest BCUT2D eigenvalue weighted by Crippen LogP contribution is 2.18. The number of nitrogens with one attached hydrogen (secondary N) is 1.